The molecule has 1 aliphatic heterocycles. The second kappa shape index (κ2) is 7.22. The summed E-state index contributed by atoms with van der Waals surface area (Å²) in [6.45, 7) is 3.83. The van der Waals surface area contributed by atoms with Crippen LogP contribution in [-0.2, 0) is 9.47 Å². The second-order valence-electron chi connectivity index (χ2n) is 9.44. The highest BCUT2D eigenvalue weighted by Gasteiger charge is 2.50. The maximum Gasteiger partial charge on any atom is 0.0900 e. The van der Waals surface area contributed by atoms with E-state index in [2.05, 4.69) is 11.9 Å². The van der Waals surface area contributed by atoms with Crippen LogP contribution in [0.5, 0.6) is 0 Å². The molecule has 1 heterocycles. The lowest BCUT2D eigenvalue weighted by atomic mass is 9.49. The van der Waals surface area contributed by atoms with Gasteiger partial charge in [0.05, 0.1) is 25.4 Å². The van der Waals surface area contributed by atoms with Crippen LogP contribution in [-0.4, -0.2) is 62.2 Å². The molecule has 2 unspecified atom stereocenters. The van der Waals surface area contributed by atoms with E-state index in [0.29, 0.717) is 18.6 Å². The Kier molecular flexibility index (Phi) is 5.19. The van der Waals surface area contributed by atoms with Crippen molar-refractivity contribution < 1.29 is 14.6 Å². The van der Waals surface area contributed by atoms with Crippen LogP contribution in [0.25, 0.3) is 0 Å². The average Bonchev–Trinajstić information content (AvgIpc) is 2.98. The minimum Gasteiger partial charge on any atom is -0.389 e. The lowest BCUT2D eigenvalue weighted by Gasteiger charge is -2.57. The van der Waals surface area contributed by atoms with Gasteiger partial charge in [-0.3, -0.25) is 0 Å². The lowest BCUT2D eigenvalue weighted by Crippen LogP contribution is -2.51. The predicted molar refractivity (Wildman–Crippen MR) is 93.9 cm³/mol. The molecule has 5 rings (SSSR count). The predicted octanol–water partition coefficient (Wildman–Crippen LogP) is 2.69. The van der Waals surface area contributed by atoms with E-state index in [9.17, 15) is 5.11 Å². The van der Waals surface area contributed by atoms with Gasteiger partial charge in [0.25, 0.3) is 0 Å². The summed E-state index contributed by atoms with van der Waals surface area (Å²) >= 11 is 0. The minimum atomic E-state index is -0.384. The van der Waals surface area contributed by atoms with Gasteiger partial charge in [-0.25, -0.2) is 0 Å². The molecule has 0 aromatic carbocycles. The molecular weight excluding hydrogens is 302 g/mol. The Morgan fingerprint density at radius 3 is 2.42 bits per heavy atom. The van der Waals surface area contributed by atoms with Gasteiger partial charge in [-0.1, -0.05) is 0 Å². The van der Waals surface area contributed by atoms with Crippen molar-refractivity contribution in [1.29, 1.82) is 0 Å². The van der Waals surface area contributed by atoms with Crippen molar-refractivity contribution >= 4 is 0 Å². The summed E-state index contributed by atoms with van der Waals surface area (Å²) in [5.41, 5.74) is 0.557. The molecule has 0 spiro atoms. The molecular formula is C20H35NO3. The highest BCUT2D eigenvalue weighted by molar-refractivity contribution is 5.02. The first-order valence-electron chi connectivity index (χ1n) is 10.2. The Bertz CT molecular complexity index is 386. The number of rotatable bonds is 8. The van der Waals surface area contributed by atoms with Crippen molar-refractivity contribution in [1.82, 2.24) is 4.90 Å². The molecule has 4 saturated carbocycles. The van der Waals surface area contributed by atoms with E-state index in [0.717, 1.165) is 43.7 Å². The number of likely N-dealkylation sites (N-methyl/N-ethyl adjacent to an activating group) is 1. The van der Waals surface area contributed by atoms with Crippen LogP contribution >= 0.6 is 0 Å². The minimum absolute atomic E-state index is 0.252. The molecule has 5 fully saturated rings. The van der Waals surface area contributed by atoms with Gasteiger partial charge in [-0.2, -0.15) is 0 Å². The summed E-state index contributed by atoms with van der Waals surface area (Å²) in [7, 11) is 2.18. The maximum atomic E-state index is 10.3. The Morgan fingerprint density at radius 1 is 1.17 bits per heavy atom. The molecule has 0 aromatic heterocycles. The summed E-state index contributed by atoms with van der Waals surface area (Å²) in [6.07, 6.45) is 10.9. The largest absolute Gasteiger partial charge is 0.389 e. The van der Waals surface area contributed by atoms with E-state index in [4.69, 9.17) is 9.47 Å². The monoisotopic (exact) mass is 337 g/mol. The third kappa shape index (κ3) is 3.98. The molecule has 4 bridgehead atoms. The fraction of sp³-hybridized carbons (Fsp3) is 1.00. The van der Waals surface area contributed by atoms with Crippen LogP contribution in [0.4, 0.5) is 0 Å². The topological polar surface area (TPSA) is 41.9 Å². The normalized spacial score (nSPS) is 42.1. The average molecular weight is 338 g/mol. The number of aliphatic hydroxyl groups excluding tert-OH is 1. The number of ether oxygens (including phenoxy) is 2. The molecule has 0 radical (unpaired) electrons. The van der Waals surface area contributed by atoms with Gasteiger partial charge in [0, 0.05) is 19.7 Å². The first kappa shape index (κ1) is 17.3. The van der Waals surface area contributed by atoms with Crippen LogP contribution in [0.2, 0.25) is 0 Å². The standard InChI is InChI=1S/C20H35NO3/c1-21(11-18(22)12-23-13-19-3-2-4-24-19)14-20-8-15-5-16(9-20)7-17(6-15)10-20/h15-19,22H,2-14H2,1H3. The van der Waals surface area contributed by atoms with Gasteiger partial charge in [0.1, 0.15) is 0 Å². The smallest absolute Gasteiger partial charge is 0.0900 e. The molecule has 1 N–H and O–H groups in total. The van der Waals surface area contributed by atoms with Crippen LogP contribution in [0.3, 0.4) is 0 Å². The van der Waals surface area contributed by atoms with Crippen molar-refractivity contribution in [3.8, 4) is 0 Å². The molecule has 4 nitrogen and oxygen atoms in total. The first-order chi connectivity index (χ1) is 11.6. The zero-order chi connectivity index (χ0) is 16.6. The quantitative estimate of drug-likeness (QED) is 0.739. The van der Waals surface area contributed by atoms with Crippen LogP contribution in [0, 0.1) is 23.2 Å². The Morgan fingerprint density at radius 2 is 1.83 bits per heavy atom. The van der Waals surface area contributed by atoms with Crippen molar-refractivity contribution in [2.45, 2.75) is 63.6 Å². The third-order valence-electron chi connectivity index (χ3n) is 6.93. The van der Waals surface area contributed by atoms with Gasteiger partial charge in [-0.05, 0) is 81.6 Å². The van der Waals surface area contributed by atoms with Crippen molar-refractivity contribution in [3.63, 3.8) is 0 Å². The van der Waals surface area contributed by atoms with E-state index in [1.807, 2.05) is 0 Å². The van der Waals surface area contributed by atoms with Crippen molar-refractivity contribution in [2.75, 3.05) is 40.0 Å². The van der Waals surface area contributed by atoms with E-state index in [1.54, 1.807) is 0 Å². The molecule has 5 aliphatic rings. The first-order valence-corrected chi connectivity index (χ1v) is 10.2. The molecule has 138 valence electrons. The highest BCUT2D eigenvalue weighted by Crippen LogP contribution is 2.60. The van der Waals surface area contributed by atoms with Gasteiger partial charge >= 0.3 is 0 Å². The molecule has 4 aliphatic carbocycles. The Hall–Kier alpha value is -0.160. The number of hydrogen-bond acceptors (Lipinski definition) is 4. The van der Waals surface area contributed by atoms with Crippen LogP contribution in [0.1, 0.15) is 51.4 Å². The molecule has 0 amide bonds. The summed E-state index contributed by atoms with van der Waals surface area (Å²) in [6, 6.07) is 0. The zero-order valence-electron chi connectivity index (χ0n) is 15.3. The van der Waals surface area contributed by atoms with Crippen molar-refractivity contribution in [2.24, 2.45) is 23.2 Å². The highest BCUT2D eigenvalue weighted by atomic mass is 16.5. The fourth-order valence-corrected chi connectivity index (χ4v) is 6.64. The molecule has 2 atom stereocenters. The van der Waals surface area contributed by atoms with E-state index >= 15 is 0 Å². The summed E-state index contributed by atoms with van der Waals surface area (Å²) < 4.78 is 11.2. The van der Waals surface area contributed by atoms with Gasteiger partial charge in [0.2, 0.25) is 0 Å². The Labute approximate surface area is 146 Å². The van der Waals surface area contributed by atoms with Gasteiger partial charge in [-0.15, -0.1) is 0 Å². The number of hydrogen-bond donors (Lipinski definition) is 1. The molecule has 0 aromatic rings. The third-order valence-corrected chi connectivity index (χ3v) is 6.93. The summed E-state index contributed by atoms with van der Waals surface area (Å²) in [4.78, 5) is 2.37. The number of nitrogens with zero attached hydrogens (tertiary/aromatic N) is 1. The zero-order valence-corrected chi connectivity index (χ0v) is 15.3. The van der Waals surface area contributed by atoms with Gasteiger partial charge in [0.15, 0.2) is 0 Å². The van der Waals surface area contributed by atoms with E-state index in [1.165, 1.54) is 45.1 Å². The lowest BCUT2D eigenvalue weighted by molar-refractivity contribution is -0.0734. The van der Waals surface area contributed by atoms with Gasteiger partial charge < -0.3 is 19.5 Å². The van der Waals surface area contributed by atoms with Crippen LogP contribution in [0.15, 0.2) is 0 Å². The maximum absolute atomic E-state index is 10.3. The second-order valence-corrected chi connectivity index (χ2v) is 9.44. The fourth-order valence-electron chi connectivity index (χ4n) is 6.64. The van der Waals surface area contributed by atoms with E-state index in [-0.39, 0.29) is 12.2 Å². The summed E-state index contributed by atoms with van der Waals surface area (Å²) in [5, 5.41) is 10.3. The van der Waals surface area contributed by atoms with E-state index < -0.39 is 0 Å². The summed E-state index contributed by atoms with van der Waals surface area (Å²) in [5.74, 6) is 3.01. The molecule has 4 heteroatoms. The molecule has 24 heavy (non-hydrogen) atoms. The number of aliphatic hydroxyl groups is 1. The molecule has 1 saturated heterocycles. The van der Waals surface area contributed by atoms with Crippen molar-refractivity contribution in [3.05, 3.63) is 0 Å². The SMILES string of the molecule is CN(CC(O)COCC1CCCO1)CC12CC3CC(CC(C3)C1)C2. The Balaban J connectivity index is 1.19. The van der Waals surface area contributed by atoms with Crippen LogP contribution < -0.4 is 0 Å².